The molecule has 1 aromatic carbocycles. The molecule has 20 heavy (non-hydrogen) atoms. The summed E-state index contributed by atoms with van der Waals surface area (Å²) in [6, 6.07) is 6.90. The molecule has 0 aromatic heterocycles. The predicted octanol–water partition coefficient (Wildman–Crippen LogP) is 3.51. The van der Waals surface area contributed by atoms with Crippen molar-refractivity contribution in [3.63, 3.8) is 0 Å². The van der Waals surface area contributed by atoms with E-state index in [0.717, 1.165) is 12.3 Å². The van der Waals surface area contributed by atoms with Crippen LogP contribution in [0.25, 0.3) is 0 Å². The summed E-state index contributed by atoms with van der Waals surface area (Å²) >= 11 is 0. The van der Waals surface area contributed by atoms with Crippen LogP contribution in [0.3, 0.4) is 0 Å². The summed E-state index contributed by atoms with van der Waals surface area (Å²) in [5, 5.41) is 3.40. The number of methoxy groups -OCH3 is 1. The standard InChI is InChI=1S/C17H29NO2/c1-12(2)15-8-7-14(5)17(9-15)20-16(11-19-6)10-18-13(3)4/h7-9,12-13,16,18H,10-11H2,1-6H3. The Hall–Kier alpha value is -1.06. The molecule has 0 fully saturated rings. The minimum atomic E-state index is 0.0310. The highest BCUT2D eigenvalue weighted by Crippen LogP contribution is 2.25. The van der Waals surface area contributed by atoms with Crippen molar-refractivity contribution in [3.05, 3.63) is 29.3 Å². The highest BCUT2D eigenvalue weighted by Gasteiger charge is 2.13. The number of rotatable bonds is 8. The summed E-state index contributed by atoms with van der Waals surface area (Å²) in [6.45, 7) is 12.1. The van der Waals surface area contributed by atoms with Crippen molar-refractivity contribution in [1.29, 1.82) is 0 Å². The molecule has 0 aliphatic carbocycles. The molecule has 0 spiro atoms. The van der Waals surface area contributed by atoms with E-state index in [1.807, 2.05) is 0 Å². The van der Waals surface area contributed by atoms with Gasteiger partial charge in [0.15, 0.2) is 0 Å². The van der Waals surface area contributed by atoms with Crippen LogP contribution in [0, 0.1) is 6.92 Å². The predicted molar refractivity (Wildman–Crippen MR) is 84.7 cm³/mol. The zero-order valence-corrected chi connectivity index (χ0v) is 13.7. The van der Waals surface area contributed by atoms with Crippen molar-refractivity contribution in [2.45, 2.75) is 52.7 Å². The first-order chi connectivity index (χ1) is 9.43. The van der Waals surface area contributed by atoms with Gasteiger partial charge in [0.25, 0.3) is 0 Å². The molecule has 0 saturated carbocycles. The third-order valence-electron chi connectivity index (χ3n) is 3.28. The summed E-state index contributed by atoms with van der Waals surface area (Å²) < 4.78 is 11.4. The lowest BCUT2D eigenvalue weighted by atomic mass is 10.0. The molecule has 0 bridgehead atoms. The molecule has 1 atom stereocenters. The fourth-order valence-electron chi connectivity index (χ4n) is 1.97. The summed E-state index contributed by atoms with van der Waals surface area (Å²) in [5.74, 6) is 1.47. The lowest BCUT2D eigenvalue weighted by molar-refractivity contribution is 0.0789. The molecule has 114 valence electrons. The van der Waals surface area contributed by atoms with E-state index in [0.29, 0.717) is 18.6 Å². The fourth-order valence-corrected chi connectivity index (χ4v) is 1.97. The van der Waals surface area contributed by atoms with Gasteiger partial charge < -0.3 is 14.8 Å². The normalized spacial score (nSPS) is 13.0. The van der Waals surface area contributed by atoms with Crippen molar-refractivity contribution in [2.75, 3.05) is 20.3 Å². The monoisotopic (exact) mass is 279 g/mol. The summed E-state index contributed by atoms with van der Waals surface area (Å²) in [5.41, 5.74) is 2.47. The van der Waals surface area contributed by atoms with Gasteiger partial charge in [-0.25, -0.2) is 0 Å². The van der Waals surface area contributed by atoms with Gasteiger partial charge in [-0.3, -0.25) is 0 Å². The van der Waals surface area contributed by atoms with Crippen LogP contribution in [0.15, 0.2) is 18.2 Å². The zero-order valence-electron chi connectivity index (χ0n) is 13.7. The molecular weight excluding hydrogens is 250 g/mol. The van der Waals surface area contributed by atoms with Crippen LogP contribution < -0.4 is 10.1 Å². The molecule has 0 saturated heterocycles. The second-order valence-electron chi connectivity index (χ2n) is 5.94. The number of hydrogen-bond donors (Lipinski definition) is 1. The zero-order chi connectivity index (χ0) is 15.1. The lowest BCUT2D eigenvalue weighted by Gasteiger charge is -2.22. The molecule has 0 aliphatic heterocycles. The Bertz CT molecular complexity index is 402. The van der Waals surface area contributed by atoms with Gasteiger partial charge in [0.1, 0.15) is 11.9 Å². The van der Waals surface area contributed by atoms with Gasteiger partial charge in [0.2, 0.25) is 0 Å². The molecule has 0 amide bonds. The van der Waals surface area contributed by atoms with Gasteiger partial charge >= 0.3 is 0 Å². The summed E-state index contributed by atoms with van der Waals surface area (Å²) in [4.78, 5) is 0. The summed E-state index contributed by atoms with van der Waals surface area (Å²) in [6.07, 6.45) is 0.0310. The second kappa shape index (κ2) is 8.28. The van der Waals surface area contributed by atoms with E-state index < -0.39 is 0 Å². The Morgan fingerprint density at radius 2 is 1.85 bits per heavy atom. The highest BCUT2D eigenvalue weighted by molar-refractivity contribution is 5.38. The average Bonchev–Trinajstić information content (AvgIpc) is 2.38. The van der Waals surface area contributed by atoms with E-state index in [-0.39, 0.29) is 6.10 Å². The highest BCUT2D eigenvalue weighted by atomic mass is 16.5. The van der Waals surface area contributed by atoms with Gasteiger partial charge in [-0.05, 0) is 30.0 Å². The van der Waals surface area contributed by atoms with Crippen molar-refractivity contribution in [2.24, 2.45) is 0 Å². The Balaban J connectivity index is 2.78. The Kier molecular flexibility index (Phi) is 7.03. The fraction of sp³-hybridized carbons (Fsp3) is 0.647. The van der Waals surface area contributed by atoms with Crippen LogP contribution in [0.4, 0.5) is 0 Å². The Labute approximate surface area is 123 Å². The van der Waals surface area contributed by atoms with E-state index in [9.17, 15) is 0 Å². The second-order valence-corrected chi connectivity index (χ2v) is 5.94. The van der Waals surface area contributed by atoms with Crippen LogP contribution in [-0.2, 0) is 4.74 Å². The molecule has 3 nitrogen and oxygen atoms in total. The minimum Gasteiger partial charge on any atom is -0.486 e. The Morgan fingerprint density at radius 3 is 2.40 bits per heavy atom. The average molecular weight is 279 g/mol. The molecule has 1 N–H and O–H groups in total. The first-order valence-electron chi connectivity index (χ1n) is 7.43. The molecule has 1 unspecified atom stereocenters. The van der Waals surface area contributed by atoms with Crippen molar-refractivity contribution >= 4 is 0 Å². The van der Waals surface area contributed by atoms with Crippen molar-refractivity contribution in [3.8, 4) is 5.75 Å². The maximum atomic E-state index is 6.14. The number of hydrogen-bond acceptors (Lipinski definition) is 3. The Morgan fingerprint density at radius 1 is 1.15 bits per heavy atom. The molecule has 1 rings (SSSR count). The van der Waals surface area contributed by atoms with Gasteiger partial charge in [0.05, 0.1) is 6.61 Å². The minimum absolute atomic E-state index is 0.0310. The number of aryl methyl sites for hydroxylation is 1. The van der Waals surface area contributed by atoms with Crippen molar-refractivity contribution in [1.82, 2.24) is 5.32 Å². The molecule has 3 heteroatoms. The van der Waals surface area contributed by atoms with Crippen LogP contribution in [0.2, 0.25) is 0 Å². The maximum absolute atomic E-state index is 6.14. The number of benzene rings is 1. The lowest BCUT2D eigenvalue weighted by Crippen LogP contribution is -2.38. The first-order valence-corrected chi connectivity index (χ1v) is 7.43. The first kappa shape index (κ1) is 17.0. The molecule has 1 aromatic rings. The molecule has 0 radical (unpaired) electrons. The topological polar surface area (TPSA) is 30.5 Å². The smallest absolute Gasteiger partial charge is 0.134 e. The maximum Gasteiger partial charge on any atom is 0.134 e. The van der Waals surface area contributed by atoms with E-state index >= 15 is 0 Å². The molecule has 0 heterocycles. The SMILES string of the molecule is COCC(CNC(C)C)Oc1cc(C(C)C)ccc1C. The van der Waals surface area contributed by atoms with Gasteiger partial charge in [-0.1, -0.05) is 39.8 Å². The quantitative estimate of drug-likeness (QED) is 0.790. The van der Waals surface area contributed by atoms with Gasteiger partial charge in [-0.2, -0.15) is 0 Å². The largest absolute Gasteiger partial charge is 0.486 e. The van der Waals surface area contributed by atoms with E-state index in [1.54, 1.807) is 7.11 Å². The molecular formula is C17H29NO2. The van der Waals surface area contributed by atoms with Gasteiger partial charge in [-0.15, -0.1) is 0 Å². The van der Waals surface area contributed by atoms with E-state index in [2.05, 4.69) is 58.1 Å². The third-order valence-corrected chi connectivity index (χ3v) is 3.28. The number of ether oxygens (including phenoxy) is 2. The van der Waals surface area contributed by atoms with Crippen LogP contribution in [0.1, 0.15) is 44.7 Å². The van der Waals surface area contributed by atoms with Crippen molar-refractivity contribution < 1.29 is 9.47 Å². The van der Waals surface area contributed by atoms with Crippen LogP contribution in [0.5, 0.6) is 5.75 Å². The third kappa shape index (κ3) is 5.51. The summed E-state index contributed by atoms with van der Waals surface area (Å²) in [7, 11) is 1.71. The molecule has 0 aliphatic rings. The number of nitrogens with one attached hydrogen (secondary N) is 1. The van der Waals surface area contributed by atoms with Crippen LogP contribution in [-0.4, -0.2) is 32.4 Å². The van der Waals surface area contributed by atoms with E-state index in [1.165, 1.54) is 11.1 Å². The van der Waals surface area contributed by atoms with Gasteiger partial charge in [0, 0.05) is 19.7 Å². The van der Waals surface area contributed by atoms with Crippen LogP contribution >= 0.6 is 0 Å². The van der Waals surface area contributed by atoms with E-state index in [4.69, 9.17) is 9.47 Å².